The van der Waals surface area contributed by atoms with Gasteiger partial charge in [-0.1, -0.05) is 15.9 Å². The topological polar surface area (TPSA) is 66.1 Å². The van der Waals surface area contributed by atoms with Gasteiger partial charge in [-0.25, -0.2) is 4.79 Å². The summed E-state index contributed by atoms with van der Waals surface area (Å²) in [5, 5.41) is 4.02. The first-order valence-corrected chi connectivity index (χ1v) is 8.22. The Morgan fingerprint density at radius 1 is 1.30 bits per heavy atom. The summed E-state index contributed by atoms with van der Waals surface area (Å²) in [6.45, 7) is 7.57. The van der Waals surface area contributed by atoms with Gasteiger partial charge in [-0.05, 0) is 39.8 Å². The third-order valence-corrected chi connectivity index (χ3v) is 4.56. The summed E-state index contributed by atoms with van der Waals surface area (Å²) in [5.41, 5.74) is 0.329. The summed E-state index contributed by atoms with van der Waals surface area (Å²) in [7, 11) is 0. The Bertz CT molecular complexity index is 896. The average molecular weight is 380 g/mol. The lowest BCUT2D eigenvalue weighted by molar-refractivity contribution is 0.138. The summed E-state index contributed by atoms with van der Waals surface area (Å²) in [6.07, 6.45) is 1.89. The van der Waals surface area contributed by atoms with Crippen LogP contribution in [-0.2, 0) is 6.42 Å². The maximum absolute atomic E-state index is 12.7. The van der Waals surface area contributed by atoms with Crippen molar-refractivity contribution in [1.82, 2.24) is 14.3 Å². The third-order valence-electron chi connectivity index (χ3n) is 3.82. The number of hydrogen-bond acceptors (Lipinski definition) is 4. The van der Waals surface area contributed by atoms with E-state index in [0.717, 1.165) is 22.7 Å². The lowest BCUT2D eigenvalue weighted by Crippen LogP contribution is -2.41. The monoisotopic (exact) mass is 379 g/mol. The Labute approximate surface area is 141 Å². The van der Waals surface area contributed by atoms with E-state index in [9.17, 15) is 9.59 Å². The van der Waals surface area contributed by atoms with Gasteiger partial charge in [-0.2, -0.15) is 9.78 Å². The Balaban J connectivity index is 2.28. The van der Waals surface area contributed by atoms with Gasteiger partial charge in [0.25, 0.3) is 5.56 Å². The van der Waals surface area contributed by atoms with Crippen molar-refractivity contribution in [3.8, 4) is 11.4 Å². The van der Waals surface area contributed by atoms with Gasteiger partial charge < -0.3 is 4.74 Å². The lowest BCUT2D eigenvalue weighted by atomic mass is 10.0. The zero-order valence-electron chi connectivity index (χ0n) is 13.5. The molecule has 6 nitrogen and oxygen atoms in total. The number of fused-ring (bicyclic) bond motifs is 1. The van der Waals surface area contributed by atoms with Crippen LogP contribution < -0.4 is 16.0 Å². The molecule has 23 heavy (non-hydrogen) atoms. The van der Waals surface area contributed by atoms with E-state index in [2.05, 4.69) is 21.0 Å². The van der Waals surface area contributed by atoms with Crippen LogP contribution in [0.25, 0.3) is 5.69 Å². The second-order valence-corrected chi connectivity index (χ2v) is 7.41. The molecule has 0 spiro atoms. The molecule has 0 radical (unpaired) electrons. The van der Waals surface area contributed by atoms with Crippen molar-refractivity contribution in [2.24, 2.45) is 0 Å². The molecule has 122 valence electrons. The SMILES string of the molecule is CC(C)n1c(=O)cnn(-c2ccc(Br)c3c2OC(C)(C)C3)c1=O. The molecular formula is C16H18BrN3O3. The zero-order valence-corrected chi connectivity index (χ0v) is 15.0. The number of benzene rings is 1. The average Bonchev–Trinajstić information content (AvgIpc) is 2.76. The van der Waals surface area contributed by atoms with Crippen LogP contribution in [0.2, 0.25) is 0 Å². The molecule has 0 atom stereocenters. The van der Waals surface area contributed by atoms with E-state index < -0.39 is 11.2 Å². The molecule has 1 aliphatic rings. The molecule has 2 aromatic rings. The van der Waals surface area contributed by atoms with Gasteiger partial charge in [0.1, 0.15) is 23.2 Å². The third kappa shape index (κ3) is 2.63. The molecule has 2 heterocycles. The van der Waals surface area contributed by atoms with Crippen LogP contribution in [0.5, 0.6) is 5.75 Å². The summed E-state index contributed by atoms with van der Waals surface area (Å²) in [4.78, 5) is 24.6. The van der Waals surface area contributed by atoms with Gasteiger partial charge in [-0.3, -0.25) is 9.36 Å². The molecule has 3 rings (SSSR count). The molecule has 0 fully saturated rings. The Morgan fingerprint density at radius 2 is 2.00 bits per heavy atom. The van der Waals surface area contributed by atoms with Crippen molar-refractivity contribution >= 4 is 15.9 Å². The molecule has 0 amide bonds. The van der Waals surface area contributed by atoms with Crippen molar-refractivity contribution in [3.05, 3.63) is 49.2 Å². The van der Waals surface area contributed by atoms with Gasteiger partial charge in [0.05, 0.1) is 0 Å². The van der Waals surface area contributed by atoms with Crippen molar-refractivity contribution in [2.75, 3.05) is 0 Å². The second-order valence-electron chi connectivity index (χ2n) is 6.55. The maximum Gasteiger partial charge on any atom is 0.352 e. The molecule has 0 N–H and O–H groups in total. The Morgan fingerprint density at radius 3 is 2.65 bits per heavy atom. The second kappa shape index (κ2) is 5.33. The highest BCUT2D eigenvalue weighted by atomic mass is 79.9. The van der Waals surface area contributed by atoms with Crippen LogP contribution in [0.4, 0.5) is 0 Å². The summed E-state index contributed by atoms with van der Waals surface area (Å²) in [6, 6.07) is 3.40. The van der Waals surface area contributed by atoms with Gasteiger partial charge in [0, 0.05) is 22.5 Å². The first kappa shape index (κ1) is 16.0. The molecule has 0 saturated carbocycles. The summed E-state index contributed by atoms with van der Waals surface area (Å²) in [5.74, 6) is 0.632. The van der Waals surface area contributed by atoms with Crippen molar-refractivity contribution in [1.29, 1.82) is 0 Å². The van der Waals surface area contributed by atoms with Crippen molar-refractivity contribution in [3.63, 3.8) is 0 Å². The van der Waals surface area contributed by atoms with E-state index >= 15 is 0 Å². The predicted octanol–water partition coefficient (Wildman–Crippen LogP) is 2.45. The minimum atomic E-state index is -0.467. The van der Waals surface area contributed by atoms with Crippen LogP contribution in [0, 0.1) is 0 Å². The van der Waals surface area contributed by atoms with Gasteiger partial charge in [0.2, 0.25) is 0 Å². The van der Waals surface area contributed by atoms with Crippen LogP contribution in [-0.4, -0.2) is 19.9 Å². The van der Waals surface area contributed by atoms with Crippen LogP contribution in [0.15, 0.2) is 32.4 Å². The minimum Gasteiger partial charge on any atom is -0.485 e. The number of rotatable bonds is 2. The smallest absolute Gasteiger partial charge is 0.352 e. The molecule has 0 unspecified atom stereocenters. The molecule has 7 heteroatoms. The first-order chi connectivity index (χ1) is 10.7. The van der Waals surface area contributed by atoms with E-state index in [4.69, 9.17) is 4.74 Å². The van der Waals surface area contributed by atoms with Gasteiger partial charge in [0.15, 0.2) is 0 Å². The number of halogens is 1. The molecule has 0 bridgehead atoms. The van der Waals surface area contributed by atoms with E-state index in [1.165, 1.54) is 9.25 Å². The van der Waals surface area contributed by atoms with Crippen LogP contribution in [0.1, 0.15) is 39.3 Å². The molecule has 1 aliphatic heterocycles. The molecule has 1 aromatic heterocycles. The molecular weight excluding hydrogens is 362 g/mol. The highest BCUT2D eigenvalue weighted by molar-refractivity contribution is 9.10. The Kier molecular flexibility index (Phi) is 3.71. The van der Waals surface area contributed by atoms with Crippen molar-refractivity contribution in [2.45, 2.75) is 45.8 Å². The largest absolute Gasteiger partial charge is 0.485 e. The van der Waals surface area contributed by atoms with Gasteiger partial charge in [-0.15, -0.1) is 0 Å². The maximum atomic E-state index is 12.7. The predicted molar refractivity (Wildman–Crippen MR) is 90.6 cm³/mol. The molecule has 0 aliphatic carbocycles. The van der Waals surface area contributed by atoms with Crippen LogP contribution >= 0.6 is 15.9 Å². The van der Waals surface area contributed by atoms with Crippen LogP contribution in [0.3, 0.4) is 0 Å². The standard InChI is InChI=1S/C16H18BrN3O3/c1-9(2)19-13(21)8-18-20(15(19)22)12-6-5-11(17)10-7-16(3,4)23-14(10)12/h5-6,8-9H,7H2,1-4H3. The Hall–Kier alpha value is -1.89. The summed E-state index contributed by atoms with van der Waals surface area (Å²) >= 11 is 3.53. The number of aromatic nitrogens is 3. The van der Waals surface area contributed by atoms with E-state index in [0.29, 0.717) is 11.4 Å². The number of hydrogen-bond donors (Lipinski definition) is 0. The fourth-order valence-corrected chi connectivity index (χ4v) is 3.28. The molecule has 0 saturated heterocycles. The highest BCUT2D eigenvalue weighted by Crippen LogP contribution is 2.42. The molecule has 1 aromatic carbocycles. The fourth-order valence-electron chi connectivity index (χ4n) is 2.83. The van der Waals surface area contributed by atoms with E-state index in [1.807, 2.05) is 19.9 Å². The highest BCUT2D eigenvalue weighted by Gasteiger charge is 2.34. The normalized spacial score (nSPS) is 15.6. The zero-order chi connectivity index (χ0) is 16.9. The first-order valence-electron chi connectivity index (χ1n) is 7.43. The van der Waals surface area contributed by atoms with E-state index in [-0.39, 0.29) is 11.6 Å². The minimum absolute atomic E-state index is 0.245. The van der Waals surface area contributed by atoms with E-state index in [1.54, 1.807) is 19.9 Å². The fraction of sp³-hybridized carbons (Fsp3) is 0.438. The van der Waals surface area contributed by atoms with Crippen molar-refractivity contribution < 1.29 is 4.74 Å². The quantitative estimate of drug-likeness (QED) is 0.803. The number of ether oxygens (including phenoxy) is 1. The summed E-state index contributed by atoms with van der Waals surface area (Å²) < 4.78 is 9.38. The van der Waals surface area contributed by atoms with Gasteiger partial charge >= 0.3 is 5.69 Å². The lowest BCUT2D eigenvalue weighted by Gasteiger charge is -2.18. The number of nitrogens with zero attached hydrogens (tertiary/aromatic N) is 3.